The number of nitrogens with zero attached hydrogens (tertiary/aromatic N) is 1. The topological polar surface area (TPSA) is 49.8 Å². The van der Waals surface area contributed by atoms with Crippen molar-refractivity contribution >= 4 is 6.09 Å². The Morgan fingerprint density at radius 2 is 1.69 bits per heavy atom. The number of carbonyl (C=O) groups excluding carboxylic acids is 1. The molecule has 2 atom stereocenters. The second-order valence-corrected chi connectivity index (χ2v) is 8.05. The summed E-state index contributed by atoms with van der Waals surface area (Å²) in [6.45, 7) is 0.217. The Balaban J connectivity index is 1.47. The van der Waals surface area contributed by atoms with Gasteiger partial charge in [0.05, 0.1) is 5.60 Å². The molecule has 2 heterocycles. The highest BCUT2D eigenvalue weighted by molar-refractivity contribution is 5.69. The molecule has 0 aromatic heterocycles. The number of hydrogen-bond acceptors (Lipinski definition) is 3. The molecule has 2 aromatic carbocycles. The molecule has 2 saturated heterocycles. The number of alkyl halides is 2. The molecule has 4 rings (SSSR count). The number of ether oxygens (including phenoxy) is 1. The maximum atomic E-state index is 12.8. The van der Waals surface area contributed by atoms with Gasteiger partial charge in [-0.25, -0.2) is 13.6 Å². The van der Waals surface area contributed by atoms with Gasteiger partial charge < -0.3 is 14.7 Å². The Morgan fingerprint density at radius 1 is 1.07 bits per heavy atom. The SMILES string of the molecule is O=C(OCc1ccccc1)N1C2CCCC1CC(O)(c1ccc(C(F)F)cc1)C2. The van der Waals surface area contributed by atoms with E-state index in [1.807, 2.05) is 30.3 Å². The lowest BCUT2D eigenvalue weighted by Crippen LogP contribution is -2.58. The molecular formula is C23H25F2NO3. The van der Waals surface area contributed by atoms with E-state index in [4.69, 9.17) is 4.74 Å². The number of hydrogen-bond donors (Lipinski definition) is 1. The zero-order chi connectivity index (χ0) is 20.4. The lowest BCUT2D eigenvalue weighted by Gasteiger charge is -2.51. The fraction of sp³-hybridized carbons (Fsp3) is 0.435. The third-order valence-corrected chi connectivity index (χ3v) is 6.12. The molecule has 2 aliphatic heterocycles. The van der Waals surface area contributed by atoms with Crippen LogP contribution in [0.3, 0.4) is 0 Å². The highest BCUT2D eigenvalue weighted by Crippen LogP contribution is 2.44. The van der Waals surface area contributed by atoms with Crippen molar-refractivity contribution in [2.24, 2.45) is 0 Å². The molecule has 2 fully saturated rings. The molecule has 0 spiro atoms. The third-order valence-electron chi connectivity index (χ3n) is 6.12. The molecule has 29 heavy (non-hydrogen) atoms. The van der Waals surface area contributed by atoms with Crippen molar-refractivity contribution in [3.8, 4) is 0 Å². The smallest absolute Gasteiger partial charge is 0.410 e. The van der Waals surface area contributed by atoms with Crippen molar-refractivity contribution in [3.63, 3.8) is 0 Å². The van der Waals surface area contributed by atoms with Crippen molar-refractivity contribution in [2.75, 3.05) is 0 Å². The van der Waals surface area contributed by atoms with Gasteiger partial charge in [0.25, 0.3) is 6.43 Å². The number of rotatable bonds is 4. The van der Waals surface area contributed by atoms with Crippen LogP contribution in [0.4, 0.5) is 13.6 Å². The summed E-state index contributed by atoms with van der Waals surface area (Å²) in [4.78, 5) is 14.6. The van der Waals surface area contributed by atoms with Gasteiger partial charge in [0, 0.05) is 30.5 Å². The molecule has 2 unspecified atom stereocenters. The fourth-order valence-electron chi connectivity index (χ4n) is 4.70. The highest BCUT2D eigenvalue weighted by atomic mass is 19.3. The quantitative estimate of drug-likeness (QED) is 0.769. The summed E-state index contributed by atoms with van der Waals surface area (Å²) in [5.74, 6) is 0. The standard InChI is InChI=1S/C23H25F2NO3/c24-21(25)17-9-11-18(12-10-17)23(28)13-19-7-4-8-20(14-23)26(19)22(27)29-15-16-5-2-1-3-6-16/h1-3,5-6,9-12,19-21,28H,4,7-8,13-15H2. The Kier molecular flexibility index (Phi) is 5.54. The minimum absolute atomic E-state index is 0.0560. The fourth-order valence-corrected chi connectivity index (χ4v) is 4.70. The maximum absolute atomic E-state index is 12.8. The van der Waals surface area contributed by atoms with Crippen molar-refractivity contribution < 1.29 is 23.4 Å². The second-order valence-electron chi connectivity index (χ2n) is 8.05. The first-order chi connectivity index (χ1) is 14.0. The summed E-state index contributed by atoms with van der Waals surface area (Å²) in [7, 11) is 0. The minimum Gasteiger partial charge on any atom is -0.445 e. The van der Waals surface area contributed by atoms with E-state index in [1.54, 1.807) is 17.0 Å². The first-order valence-corrected chi connectivity index (χ1v) is 10.1. The van der Waals surface area contributed by atoms with E-state index in [2.05, 4.69) is 0 Å². The predicted octanol–water partition coefficient (Wildman–Crippen LogP) is 5.17. The lowest BCUT2D eigenvalue weighted by atomic mass is 9.72. The largest absolute Gasteiger partial charge is 0.445 e. The monoisotopic (exact) mass is 401 g/mol. The average Bonchev–Trinajstić information content (AvgIpc) is 2.72. The number of piperidine rings is 2. The molecule has 1 amide bonds. The van der Waals surface area contributed by atoms with Crippen LogP contribution >= 0.6 is 0 Å². The number of fused-ring (bicyclic) bond motifs is 2. The number of benzene rings is 2. The van der Waals surface area contributed by atoms with Gasteiger partial charge in [-0.1, -0.05) is 54.6 Å². The van der Waals surface area contributed by atoms with E-state index in [0.717, 1.165) is 24.8 Å². The van der Waals surface area contributed by atoms with Gasteiger partial charge in [0.1, 0.15) is 6.61 Å². The number of amides is 1. The van der Waals surface area contributed by atoms with Gasteiger partial charge in [0.2, 0.25) is 0 Å². The molecular weight excluding hydrogens is 376 g/mol. The van der Waals surface area contributed by atoms with Crippen LogP contribution in [0.25, 0.3) is 0 Å². The normalized spacial score (nSPS) is 26.4. The Hall–Kier alpha value is -2.47. The zero-order valence-corrected chi connectivity index (χ0v) is 16.1. The summed E-state index contributed by atoms with van der Waals surface area (Å²) in [6, 6.07) is 15.2. The van der Waals surface area contributed by atoms with E-state index in [9.17, 15) is 18.7 Å². The lowest BCUT2D eigenvalue weighted by molar-refractivity contribution is -0.0896. The molecule has 6 heteroatoms. The minimum atomic E-state index is -2.53. The van der Waals surface area contributed by atoms with Gasteiger partial charge >= 0.3 is 6.09 Å². The van der Waals surface area contributed by atoms with Crippen molar-refractivity contribution in [1.82, 2.24) is 4.90 Å². The first-order valence-electron chi connectivity index (χ1n) is 10.1. The van der Waals surface area contributed by atoms with Gasteiger partial charge in [0.15, 0.2) is 0 Å². The highest BCUT2D eigenvalue weighted by Gasteiger charge is 2.48. The van der Waals surface area contributed by atoms with Crippen molar-refractivity contribution in [3.05, 3.63) is 71.3 Å². The summed E-state index contributed by atoms with van der Waals surface area (Å²) in [5.41, 5.74) is 0.390. The average molecular weight is 401 g/mol. The molecule has 1 N–H and O–H groups in total. The molecule has 2 aromatic rings. The number of halogens is 2. The van der Waals surface area contributed by atoms with Gasteiger partial charge in [-0.15, -0.1) is 0 Å². The van der Waals surface area contributed by atoms with Crippen LogP contribution in [0, 0.1) is 0 Å². The second kappa shape index (κ2) is 8.11. The van der Waals surface area contributed by atoms with Gasteiger partial charge in [-0.3, -0.25) is 0 Å². The van der Waals surface area contributed by atoms with Gasteiger partial charge in [-0.05, 0) is 30.4 Å². The summed E-state index contributed by atoms with van der Waals surface area (Å²) < 4.78 is 31.2. The van der Waals surface area contributed by atoms with E-state index in [1.165, 1.54) is 12.1 Å². The molecule has 0 aliphatic carbocycles. The Labute approximate surface area is 169 Å². The van der Waals surface area contributed by atoms with Crippen LogP contribution in [0.15, 0.2) is 54.6 Å². The summed E-state index contributed by atoms with van der Waals surface area (Å²) in [6.07, 6.45) is 0.495. The summed E-state index contributed by atoms with van der Waals surface area (Å²) >= 11 is 0. The van der Waals surface area contributed by atoms with Crippen LogP contribution in [0.2, 0.25) is 0 Å². The van der Waals surface area contributed by atoms with Crippen LogP contribution in [0.5, 0.6) is 0 Å². The van der Waals surface area contributed by atoms with Crippen LogP contribution in [-0.4, -0.2) is 28.2 Å². The maximum Gasteiger partial charge on any atom is 0.410 e. The van der Waals surface area contributed by atoms with E-state index in [-0.39, 0.29) is 30.3 Å². The van der Waals surface area contributed by atoms with E-state index < -0.39 is 12.0 Å². The molecule has 154 valence electrons. The van der Waals surface area contributed by atoms with Crippen LogP contribution in [-0.2, 0) is 16.9 Å². The number of aliphatic hydroxyl groups is 1. The first kappa shape index (κ1) is 19.8. The van der Waals surface area contributed by atoms with Crippen molar-refractivity contribution in [1.29, 1.82) is 0 Å². The Morgan fingerprint density at radius 3 is 2.28 bits per heavy atom. The molecule has 0 saturated carbocycles. The predicted molar refractivity (Wildman–Crippen MR) is 104 cm³/mol. The zero-order valence-electron chi connectivity index (χ0n) is 16.1. The third kappa shape index (κ3) is 4.13. The van der Waals surface area contributed by atoms with Crippen LogP contribution < -0.4 is 0 Å². The number of carbonyl (C=O) groups is 1. The molecule has 0 radical (unpaired) electrons. The van der Waals surface area contributed by atoms with E-state index >= 15 is 0 Å². The molecule has 2 bridgehead atoms. The van der Waals surface area contributed by atoms with E-state index in [0.29, 0.717) is 18.4 Å². The van der Waals surface area contributed by atoms with Gasteiger partial charge in [-0.2, -0.15) is 0 Å². The van der Waals surface area contributed by atoms with Crippen LogP contribution in [0.1, 0.15) is 55.2 Å². The van der Waals surface area contributed by atoms with Crippen molar-refractivity contribution in [2.45, 2.75) is 62.8 Å². The summed E-state index contributed by atoms with van der Waals surface area (Å²) in [5, 5.41) is 11.3. The molecule has 2 aliphatic rings. The Bertz CT molecular complexity index is 827. The molecule has 4 nitrogen and oxygen atoms in total.